The molecule has 0 aliphatic heterocycles. The molecule has 0 bridgehead atoms. The monoisotopic (exact) mass is 502 g/mol. The van der Waals surface area contributed by atoms with Crippen LogP contribution in [-0.4, -0.2) is 31.3 Å². The van der Waals surface area contributed by atoms with Gasteiger partial charge in [0.15, 0.2) is 18.1 Å². The number of hydrogen-bond donors (Lipinski definition) is 1. The van der Waals surface area contributed by atoms with Gasteiger partial charge < -0.3 is 14.2 Å². The van der Waals surface area contributed by atoms with E-state index in [1.165, 1.54) is 6.21 Å². The number of nitrogens with zero attached hydrogens (tertiary/aromatic N) is 1. The molecule has 182 valence electrons. The second-order valence-electron chi connectivity index (χ2n) is 7.59. The Balaban J connectivity index is 1.40. The Hall–Kier alpha value is -4.36. The van der Waals surface area contributed by atoms with Crippen molar-refractivity contribution in [3.8, 4) is 17.2 Å². The first-order valence-corrected chi connectivity index (χ1v) is 11.6. The zero-order chi connectivity index (χ0) is 25.3. The lowest BCUT2D eigenvalue weighted by atomic mass is 10.0. The van der Waals surface area contributed by atoms with Crippen molar-refractivity contribution in [1.82, 2.24) is 5.43 Å². The van der Waals surface area contributed by atoms with Crippen LogP contribution in [-0.2, 0) is 4.79 Å². The predicted molar refractivity (Wildman–Crippen MR) is 139 cm³/mol. The Bertz CT molecular complexity index is 1400. The van der Waals surface area contributed by atoms with Gasteiger partial charge in [0.25, 0.3) is 5.91 Å². The number of benzene rings is 4. The summed E-state index contributed by atoms with van der Waals surface area (Å²) in [5.41, 5.74) is 3.51. The Labute approximate surface area is 213 Å². The average Bonchev–Trinajstić information content (AvgIpc) is 2.89. The van der Waals surface area contributed by atoms with Gasteiger partial charge in [0.05, 0.1) is 18.4 Å². The van der Waals surface area contributed by atoms with E-state index in [0.717, 1.165) is 10.8 Å². The molecule has 7 nitrogen and oxygen atoms in total. The van der Waals surface area contributed by atoms with Crippen molar-refractivity contribution in [2.24, 2.45) is 5.10 Å². The molecule has 0 unspecified atom stereocenters. The molecule has 0 radical (unpaired) electrons. The van der Waals surface area contributed by atoms with E-state index in [4.69, 9.17) is 25.8 Å². The molecule has 0 saturated heterocycles. The SMILES string of the molecule is CCOc1cc(/C=N/NC(=O)COc2ccc(Cl)cc2)ccc1OC(=O)c1cccc2ccccc12. The van der Waals surface area contributed by atoms with Gasteiger partial charge in [0, 0.05) is 5.02 Å². The van der Waals surface area contributed by atoms with Crippen LogP contribution in [0.3, 0.4) is 0 Å². The summed E-state index contributed by atoms with van der Waals surface area (Å²) in [6.07, 6.45) is 1.46. The average molecular weight is 503 g/mol. The van der Waals surface area contributed by atoms with Crippen molar-refractivity contribution in [2.45, 2.75) is 6.92 Å². The Morgan fingerprint density at radius 2 is 1.69 bits per heavy atom. The number of halogens is 1. The van der Waals surface area contributed by atoms with Crippen LogP contribution in [0.15, 0.2) is 90.0 Å². The van der Waals surface area contributed by atoms with E-state index in [1.807, 2.05) is 43.3 Å². The highest BCUT2D eigenvalue weighted by atomic mass is 35.5. The maximum atomic E-state index is 12.9. The second kappa shape index (κ2) is 11.9. The fraction of sp³-hybridized carbons (Fsp3) is 0.107. The highest BCUT2D eigenvalue weighted by Crippen LogP contribution is 2.30. The number of esters is 1. The highest BCUT2D eigenvalue weighted by Gasteiger charge is 2.15. The first-order valence-electron chi connectivity index (χ1n) is 11.2. The minimum absolute atomic E-state index is 0.202. The van der Waals surface area contributed by atoms with E-state index in [1.54, 1.807) is 48.5 Å². The van der Waals surface area contributed by atoms with Crippen LogP contribution in [0.25, 0.3) is 10.8 Å². The molecule has 1 amide bonds. The summed E-state index contributed by atoms with van der Waals surface area (Å²) in [5, 5.41) is 6.29. The normalized spacial score (nSPS) is 10.8. The molecule has 0 aromatic heterocycles. The third kappa shape index (κ3) is 6.40. The first-order chi connectivity index (χ1) is 17.5. The van der Waals surface area contributed by atoms with Crippen LogP contribution in [0, 0.1) is 0 Å². The smallest absolute Gasteiger partial charge is 0.344 e. The molecule has 0 aliphatic carbocycles. The number of carbonyl (C=O) groups is 2. The number of hydrogen-bond acceptors (Lipinski definition) is 6. The standard InChI is InChI=1S/C28H23ClN2O5/c1-2-34-26-16-19(17-30-31-27(32)18-35-22-13-11-21(29)12-14-22)10-15-25(26)36-28(33)24-9-5-7-20-6-3-4-8-23(20)24/h3-17H,2,18H2,1H3,(H,31,32)/b30-17+. The number of carbonyl (C=O) groups excluding carboxylic acids is 2. The molecule has 0 atom stereocenters. The lowest BCUT2D eigenvalue weighted by Gasteiger charge is -2.12. The zero-order valence-electron chi connectivity index (χ0n) is 19.4. The zero-order valence-corrected chi connectivity index (χ0v) is 20.2. The fourth-order valence-electron chi connectivity index (χ4n) is 3.41. The van der Waals surface area contributed by atoms with Gasteiger partial charge in [-0.1, -0.05) is 48.0 Å². The number of amides is 1. The molecule has 0 fully saturated rings. The van der Waals surface area contributed by atoms with E-state index in [2.05, 4.69) is 10.5 Å². The Morgan fingerprint density at radius 3 is 2.50 bits per heavy atom. The molecule has 4 aromatic rings. The highest BCUT2D eigenvalue weighted by molar-refractivity contribution is 6.30. The van der Waals surface area contributed by atoms with Crippen LogP contribution in [0.2, 0.25) is 5.02 Å². The summed E-state index contributed by atoms with van der Waals surface area (Å²) in [6.45, 7) is 2.00. The third-order valence-corrected chi connectivity index (χ3v) is 5.32. The van der Waals surface area contributed by atoms with Gasteiger partial charge in [0.1, 0.15) is 5.75 Å². The molecule has 0 saturated carbocycles. The van der Waals surface area contributed by atoms with Crippen LogP contribution >= 0.6 is 11.6 Å². The van der Waals surface area contributed by atoms with Crippen molar-refractivity contribution < 1.29 is 23.8 Å². The maximum Gasteiger partial charge on any atom is 0.344 e. The molecule has 4 rings (SSSR count). The van der Waals surface area contributed by atoms with Crippen molar-refractivity contribution in [3.05, 3.63) is 101 Å². The van der Waals surface area contributed by atoms with Crippen molar-refractivity contribution in [2.75, 3.05) is 13.2 Å². The van der Waals surface area contributed by atoms with Gasteiger partial charge in [0.2, 0.25) is 0 Å². The summed E-state index contributed by atoms with van der Waals surface area (Å²) in [4.78, 5) is 24.9. The molecule has 0 spiro atoms. The number of ether oxygens (including phenoxy) is 3. The van der Waals surface area contributed by atoms with E-state index < -0.39 is 11.9 Å². The Kier molecular flexibility index (Phi) is 8.16. The topological polar surface area (TPSA) is 86.2 Å². The summed E-state index contributed by atoms with van der Waals surface area (Å²) in [6, 6.07) is 24.8. The van der Waals surface area contributed by atoms with Gasteiger partial charge in [-0.2, -0.15) is 5.10 Å². The second-order valence-corrected chi connectivity index (χ2v) is 8.03. The molecular formula is C28H23ClN2O5. The fourth-order valence-corrected chi connectivity index (χ4v) is 3.53. The number of hydrazone groups is 1. The van der Waals surface area contributed by atoms with Crippen molar-refractivity contribution in [3.63, 3.8) is 0 Å². The van der Waals surface area contributed by atoms with E-state index in [-0.39, 0.29) is 12.4 Å². The molecule has 0 aliphatic rings. The largest absolute Gasteiger partial charge is 0.490 e. The van der Waals surface area contributed by atoms with E-state index in [0.29, 0.717) is 34.3 Å². The summed E-state index contributed by atoms with van der Waals surface area (Å²) >= 11 is 5.83. The molecule has 0 heterocycles. The quantitative estimate of drug-likeness (QED) is 0.138. The summed E-state index contributed by atoms with van der Waals surface area (Å²) in [5.74, 6) is 0.280. The molecule has 1 N–H and O–H groups in total. The van der Waals surface area contributed by atoms with Crippen molar-refractivity contribution >= 4 is 40.5 Å². The molecule has 8 heteroatoms. The van der Waals surface area contributed by atoms with Crippen LogP contribution in [0.5, 0.6) is 17.2 Å². The van der Waals surface area contributed by atoms with E-state index in [9.17, 15) is 9.59 Å². The third-order valence-electron chi connectivity index (χ3n) is 5.07. The number of rotatable bonds is 9. The van der Waals surface area contributed by atoms with Gasteiger partial charge >= 0.3 is 5.97 Å². The summed E-state index contributed by atoms with van der Waals surface area (Å²) < 4.78 is 16.7. The van der Waals surface area contributed by atoms with Crippen LogP contribution in [0.1, 0.15) is 22.8 Å². The minimum atomic E-state index is -0.484. The number of fused-ring (bicyclic) bond motifs is 1. The number of nitrogens with one attached hydrogen (secondary N) is 1. The lowest BCUT2D eigenvalue weighted by molar-refractivity contribution is -0.123. The van der Waals surface area contributed by atoms with E-state index >= 15 is 0 Å². The molecular weight excluding hydrogens is 480 g/mol. The van der Waals surface area contributed by atoms with Crippen LogP contribution < -0.4 is 19.6 Å². The molecule has 4 aromatic carbocycles. The minimum Gasteiger partial charge on any atom is -0.490 e. The van der Waals surface area contributed by atoms with Gasteiger partial charge in [-0.05, 0) is 71.8 Å². The molecule has 36 heavy (non-hydrogen) atoms. The van der Waals surface area contributed by atoms with Gasteiger partial charge in [-0.25, -0.2) is 10.2 Å². The van der Waals surface area contributed by atoms with Gasteiger partial charge in [-0.15, -0.1) is 0 Å². The first kappa shape index (κ1) is 24.8. The lowest BCUT2D eigenvalue weighted by Crippen LogP contribution is -2.24. The Morgan fingerprint density at radius 1 is 0.917 bits per heavy atom. The summed E-state index contributed by atoms with van der Waals surface area (Å²) in [7, 11) is 0. The van der Waals surface area contributed by atoms with Crippen molar-refractivity contribution in [1.29, 1.82) is 0 Å². The predicted octanol–water partition coefficient (Wildman–Crippen LogP) is 5.64. The van der Waals surface area contributed by atoms with Crippen LogP contribution in [0.4, 0.5) is 0 Å². The maximum absolute atomic E-state index is 12.9. The van der Waals surface area contributed by atoms with Gasteiger partial charge in [-0.3, -0.25) is 4.79 Å².